The molecule has 1 heterocycles. The van der Waals surface area contributed by atoms with Gasteiger partial charge in [-0.2, -0.15) is 5.10 Å². The minimum absolute atomic E-state index is 0.0805. The van der Waals surface area contributed by atoms with Crippen molar-refractivity contribution in [2.75, 3.05) is 17.5 Å². The van der Waals surface area contributed by atoms with Gasteiger partial charge in [0, 0.05) is 5.56 Å². The van der Waals surface area contributed by atoms with Crippen LogP contribution in [0, 0.1) is 20.8 Å². The number of sulfonamides is 1. The number of furan rings is 1. The van der Waals surface area contributed by atoms with E-state index in [0.29, 0.717) is 29.4 Å². The van der Waals surface area contributed by atoms with Crippen LogP contribution in [-0.4, -0.2) is 39.7 Å². The van der Waals surface area contributed by atoms with Crippen LogP contribution in [-0.2, 0) is 19.6 Å². The first-order valence-electron chi connectivity index (χ1n) is 12.9. The highest BCUT2D eigenvalue weighted by Crippen LogP contribution is 2.26. The number of esters is 1. The molecule has 1 aromatic heterocycles. The number of rotatable bonds is 10. The van der Waals surface area contributed by atoms with E-state index in [2.05, 4.69) is 10.5 Å². The Bertz CT molecular complexity index is 1650. The van der Waals surface area contributed by atoms with Gasteiger partial charge in [-0.1, -0.05) is 35.9 Å². The maximum atomic E-state index is 13.6. The standard InChI is InChI=1S/C31H31N3O6S/c1-5-39-31(36)25-10-8-24(9-11-25)29-15-12-27(40-29)19-32-33-30(35)20-34(26-17-22(3)16-23(4)18-26)41(37,38)28-13-6-21(2)7-14-28/h6-19H,5,20H2,1-4H3,(H,33,35)/b32-19-. The quantitative estimate of drug-likeness (QED) is 0.154. The number of nitrogens with one attached hydrogen (secondary N) is 1. The molecule has 4 aromatic rings. The summed E-state index contributed by atoms with van der Waals surface area (Å²) in [6.07, 6.45) is 1.32. The van der Waals surface area contributed by atoms with Crippen molar-refractivity contribution in [1.29, 1.82) is 0 Å². The lowest BCUT2D eigenvalue weighted by molar-refractivity contribution is -0.119. The molecule has 0 atom stereocenters. The van der Waals surface area contributed by atoms with E-state index >= 15 is 0 Å². The van der Waals surface area contributed by atoms with Gasteiger partial charge < -0.3 is 9.15 Å². The summed E-state index contributed by atoms with van der Waals surface area (Å²) in [5.74, 6) is -0.117. The Morgan fingerprint density at radius 2 is 1.56 bits per heavy atom. The Morgan fingerprint density at radius 3 is 2.20 bits per heavy atom. The number of nitrogens with zero attached hydrogens (tertiary/aromatic N) is 2. The molecule has 1 amide bonds. The largest absolute Gasteiger partial charge is 0.462 e. The molecule has 0 bridgehead atoms. The Hall–Kier alpha value is -4.70. The predicted octanol–water partition coefficient (Wildman–Crippen LogP) is 5.39. The first-order valence-corrected chi connectivity index (χ1v) is 14.4. The molecule has 4 rings (SSSR count). The van der Waals surface area contributed by atoms with Gasteiger partial charge >= 0.3 is 5.97 Å². The van der Waals surface area contributed by atoms with Crippen molar-refractivity contribution >= 4 is 33.8 Å². The average molecular weight is 574 g/mol. The summed E-state index contributed by atoms with van der Waals surface area (Å²) >= 11 is 0. The van der Waals surface area contributed by atoms with Crippen molar-refractivity contribution in [2.24, 2.45) is 5.10 Å². The van der Waals surface area contributed by atoms with Crippen LogP contribution in [0.5, 0.6) is 0 Å². The molecule has 0 saturated carbocycles. The number of hydrogen-bond acceptors (Lipinski definition) is 7. The number of anilines is 1. The number of hydrazone groups is 1. The number of carbonyl (C=O) groups excluding carboxylic acids is 2. The molecule has 0 unspecified atom stereocenters. The van der Waals surface area contributed by atoms with Crippen LogP contribution < -0.4 is 9.73 Å². The lowest BCUT2D eigenvalue weighted by atomic mass is 10.1. The summed E-state index contributed by atoms with van der Waals surface area (Å²) in [7, 11) is -4.04. The number of amides is 1. The first-order chi connectivity index (χ1) is 19.6. The van der Waals surface area contributed by atoms with E-state index in [9.17, 15) is 18.0 Å². The number of aryl methyl sites for hydroxylation is 3. The molecule has 212 valence electrons. The van der Waals surface area contributed by atoms with Crippen molar-refractivity contribution in [1.82, 2.24) is 5.43 Å². The second-order valence-corrected chi connectivity index (χ2v) is 11.3. The van der Waals surface area contributed by atoms with Crippen molar-refractivity contribution in [3.63, 3.8) is 0 Å². The third-order valence-corrected chi connectivity index (χ3v) is 7.87. The van der Waals surface area contributed by atoms with Crippen molar-refractivity contribution in [3.05, 3.63) is 107 Å². The molecule has 1 N–H and O–H groups in total. The highest BCUT2D eigenvalue weighted by molar-refractivity contribution is 7.92. The predicted molar refractivity (Wildman–Crippen MR) is 157 cm³/mol. The fraction of sp³-hybridized carbons (Fsp3) is 0.194. The molecule has 3 aromatic carbocycles. The third kappa shape index (κ3) is 7.29. The number of benzene rings is 3. The van der Waals surface area contributed by atoms with Gasteiger partial charge in [-0.3, -0.25) is 9.10 Å². The van der Waals surface area contributed by atoms with Crippen LogP contribution in [0.3, 0.4) is 0 Å². The van der Waals surface area contributed by atoms with E-state index in [1.54, 1.807) is 67.6 Å². The zero-order valence-corrected chi connectivity index (χ0v) is 24.1. The fourth-order valence-electron chi connectivity index (χ4n) is 4.14. The van der Waals surface area contributed by atoms with Gasteiger partial charge in [-0.25, -0.2) is 18.6 Å². The number of ether oxygens (including phenoxy) is 1. The Balaban J connectivity index is 1.48. The fourth-order valence-corrected chi connectivity index (χ4v) is 5.55. The summed E-state index contributed by atoms with van der Waals surface area (Å²) in [4.78, 5) is 24.8. The second kappa shape index (κ2) is 12.6. The summed E-state index contributed by atoms with van der Waals surface area (Å²) < 4.78 is 39.0. The summed E-state index contributed by atoms with van der Waals surface area (Å²) in [6.45, 7) is 7.16. The molecule has 0 aliphatic heterocycles. The summed E-state index contributed by atoms with van der Waals surface area (Å²) in [5, 5.41) is 3.95. The van der Waals surface area contributed by atoms with Crippen molar-refractivity contribution in [3.8, 4) is 11.3 Å². The molecule has 9 nitrogen and oxygen atoms in total. The zero-order valence-electron chi connectivity index (χ0n) is 23.2. The zero-order chi connectivity index (χ0) is 29.6. The molecule has 0 saturated heterocycles. The van der Waals surface area contributed by atoms with Crippen LogP contribution in [0.4, 0.5) is 5.69 Å². The molecule has 41 heavy (non-hydrogen) atoms. The van der Waals surface area contributed by atoms with E-state index in [-0.39, 0.29) is 4.90 Å². The normalized spacial score (nSPS) is 11.4. The van der Waals surface area contributed by atoms with Gasteiger partial charge in [0.05, 0.1) is 29.0 Å². The maximum absolute atomic E-state index is 13.6. The van der Waals surface area contributed by atoms with Gasteiger partial charge in [0.2, 0.25) is 0 Å². The van der Waals surface area contributed by atoms with Gasteiger partial charge in [0.1, 0.15) is 18.1 Å². The van der Waals surface area contributed by atoms with Crippen LogP contribution in [0.2, 0.25) is 0 Å². The molecular formula is C31H31N3O6S. The first kappa shape index (κ1) is 29.3. The smallest absolute Gasteiger partial charge is 0.338 e. The minimum Gasteiger partial charge on any atom is -0.462 e. The summed E-state index contributed by atoms with van der Waals surface area (Å²) in [5.41, 5.74) is 6.60. The summed E-state index contributed by atoms with van der Waals surface area (Å²) in [6, 6.07) is 22.0. The SMILES string of the molecule is CCOC(=O)c1ccc(-c2ccc(/C=N\NC(=O)CN(c3cc(C)cc(C)c3)S(=O)(=O)c3ccc(C)cc3)o2)cc1. The second-order valence-electron chi connectivity index (χ2n) is 9.46. The van der Waals surface area contributed by atoms with Gasteiger partial charge in [-0.15, -0.1) is 0 Å². The molecule has 10 heteroatoms. The average Bonchev–Trinajstić information content (AvgIpc) is 3.40. The third-order valence-electron chi connectivity index (χ3n) is 6.08. The van der Waals surface area contributed by atoms with E-state index in [1.807, 2.05) is 26.8 Å². The van der Waals surface area contributed by atoms with E-state index in [0.717, 1.165) is 26.6 Å². The van der Waals surface area contributed by atoms with E-state index < -0.39 is 28.4 Å². The Labute approximate surface area is 239 Å². The van der Waals surface area contributed by atoms with E-state index in [4.69, 9.17) is 9.15 Å². The highest BCUT2D eigenvalue weighted by Gasteiger charge is 2.27. The topological polar surface area (TPSA) is 118 Å². The molecule has 0 fully saturated rings. The van der Waals surface area contributed by atoms with Crippen molar-refractivity contribution < 1.29 is 27.2 Å². The van der Waals surface area contributed by atoms with Gasteiger partial charge in [0.25, 0.3) is 15.9 Å². The lowest BCUT2D eigenvalue weighted by Gasteiger charge is -2.24. The van der Waals surface area contributed by atoms with Gasteiger partial charge in [-0.05, 0) is 87.4 Å². The molecule has 0 aliphatic carbocycles. The van der Waals surface area contributed by atoms with E-state index in [1.165, 1.54) is 18.3 Å². The van der Waals surface area contributed by atoms with Crippen molar-refractivity contribution in [2.45, 2.75) is 32.6 Å². The highest BCUT2D eigenvalue weighted by atomic mass is 32.2. The van der Waals surface area contributed by atoms with Crippen LogP contribution in [0.25, 0.3) is 11.3 Å². The molecule has 0 radical (unpaired) electrons. The number of hydrogen-bond donors (Lipinski definition) is 1. The minimum atomic E-state index is -4.04. The van der Waals surface area contributed by atoms with Crippen LogP contribution in [0.15, 0.2) is 93.3 Å². The Morgan fingerprint density at radius 1 is 0.902 bits per heavy atom. The monoisotopic (exact) mass is 573 g/mol. The number of carbonyl (C=O) groups is 2. The molecular weight excluding hydrogens is 542 g/mol. The lowest BCUT2D eigenvalue weighted by Crippen LogP contribution is -2.39. The van der Waals surface area contributed by atoms with Gasteiger partial charge in [0.15, 0.2) is 0 Å². The van der Waals surface area contributed by atoms with Crippen LogP contribution >= 0.6 is 0 Å². The Kier molecular flexibility index (Phi) is 9.04. The maximum Gasteiger partial charge on any atom is 0.338 e. The molecule has 0 spiro atoms. The van der Waals surface area contributed by atoms with Crippen LogP contribution in [0.1, 0.15) is 39.7 Å². The molecule has 0 aliphatic rings.